The molecule has 0 radical (unpaired) electrons. The van der Waals surface area contributed by atoms with Crippen LogP contribution in [0.4, 0.5) is 5.69 Å². The fourth-order valence-corrected chi connectivity index (χ4v) is 3.35. The number of amides is 1. The van der Waals surface area contributed by atoms with Crippen LogP contribution in [0.25, 0.3) is 0 Å². The Labute approximate surface area is 120 Å². The van der Waals surface area contributed by atoms with Gasteiger partial charge in [0.1, 0.15) is 0 Å². The van der Waals surface area contributed by atoms with Gasteiger partial charge in [-0.25, -0.2) is 0 Å². The van der Waals surface area contributed by atoms with Crippen LogP contribution in [-0.2, 0) is 11.3 Å². The predicted octanol–water partition coefficient (Wildman–Crippen LogP) is 1.51. The van der Waals surface area contributed by atoms with E-state index in [2.05, 4.69) is 46.7 Å². The smallest absolute Gasteiger partial charge is 0.225 e. The molecule has 2 unspecified atom stereocenters. The van der Waals surface area contributed by atoms with Crippen molar-refractivity contribution in [3.8, 4) is 0 Å². The van der Waals surface area contributed by atoms with Crippen molar-refractivity contribution in [3.63, 3.8) is 0 Å². The number of carbonyl (C=O) groups is 1. The molecule has 2 aliphatic rings. The molecular formula is C16H23N3O. The standard InChI is InChI=1S/C16H23N3O/c1-2-17-10-12-5-7-13(8-6-12)19-9-3-4-14-15(19)11-18-16(14)20/h5-8,14-15,17H,2-4,9-11H2,1H3,(H,18,20). The quantitative estimate of drug-likeness (QED) is 0.874. The van der Waals surface area contributed by atoms with E-state index in [9.17, 15) is 4.79 Å². The zero-order valence-corrected chi connectivity index (χ0v) is 12.1. The predicted molar refractivity (Wildman–Crippen MR) is 80.7 cm³/mol. The first-order valence-corrected chi connectivity index (χ1v) is 7.63. The van der Waals surface area contributed by atoms with Crippen molar-refractivity contribution in [2.24, 2.45) is 5.92 Å². The summed E-state index contributed by atoms with van der Waals surface area (Å²) in [6.45, 7) is 5.88. The van der Waals surface area contributed by atoms with Gasteiger partial charge < -0.3 is 15.5 Å². The molecule has 2 fully saturated rings. The number of anilines is 1. The lowest BCUT2D eigenvalue weighted by Gasteiger charge is -2.37. The Morgan fingerprint density at radius 1 is 1.35 bits per heavy atom. The van der Waals surface area contributed by atoms with Crippen molar-refractivity contribution >= 4 is 11.6 Å². The van der Waals surface area contributed by atoms with E-state index >= 15 is 0 Å². The van der Waals surface area contributed by atoms with Crippen molar-refractivity contribution in [1.29, 1.82) is 0 Å². The Morgan fingerprint density at radius 3 is 2.90 bits per heavy atom. The number of nitrogens with zero attached hydrogens (tertiary/aromatic N) is 1. The first kappa shape index (κ1) is 13.4. The molecule has 1 aromatic rings. The summed E-state index contributed by atoms with van der Waals surface area (Å²) in [5, 5.41) is 6.35. The highest BCUT2D eigenvalue weighted by Crippen LogP contribution is 2.31. The summed E-state index contributed by atoms with van der Waals surface area (Å²) in [7, 11) is 0. The van der Waals surface area contributed by atoms with Crippen LogP contribution < -0.4 is 15.5 Å². The largest absolute Gasteiger partial charge is 0.366 e. The Kier molecular flexibility index (Phi) is 3.92. The number of hydrogen-bond donors (Lipinski definition) is 2. The van der Waals surface area contributed by atoms with E-state index in [-0.39, 0.29) is 11.8 Å². The topological polar surface area (TPSA) is 44.4 Å². The van der Waals surface area contributed by atoms with Gasteiger partial charge in [-0.05, 0) is 37.1 Å². The van der Waals surface area contributed by atoms with Gasteiger partial charge in [0.2, 0.25) is 5.91 Å². The molecule has 1 amide bonds. The third kappa shape index (κ3) is 2.52. The minimum Gasteiger partial charge on any atom is -0.366 e. The molecule has 0 spiro atoms. The number of piperidine rings is 1. The van der Waals surface area contributed by atoms with Crippen LogP contribution in [0, 0.1) is 5.92 Å². The van der Waals surface area contributed by atoms with Crippen LogP contribution in [0.2, 0.25) is 0 Å². The molecule has 4 nitrogen and oxygen atoms in total. The maximum Gasteiger partial charge on any atom is 0.225 e. The molecule has 2 N–H and O–H groups in total. The van der Waals surface area contributed by atoms with Crippen molar-refractivity contribution < 1.29 is 4.79 Å². The summed E-state index contributed by atoms with van der Waals surface area (Å²) in [4.78, 5) is 14.2. The lowest BCUT2D eigenvalue weighted by Crippen LogP contribution is -2.45. The fraction of sp³-hybridized carbons (Fsp3) is 0.562. The normalized spacial score (nSPS) is 25.4. The summed E-state index contributed by atoms with van der Waals surface area (Å²) in [6, 6.07) is 9.10. The summed E-state index contributed by atoms with van der Waals surface area (Å²) in [5.74, 6) is 0.425. The Bertz CT molecular complexity index is 471. The lowest BCUT2D eigenvalue weighted by molar-refractivity contribution is -0.122. The van der Waals surface area contributed by atoms with E-state index in [4.69, 9.17) is 0 Å². The maximum absolute atomic E-state index is 11.8. The van der Waals surface area contributed by atoms with E-state index in [1.54, 1.807) is 0 Å². The van der Waals surface area contributed by atoms with Crippen molar-refractivity contribution in [2.75, 3.05) is 24.5 Å². The molecule has 0 aromatic heterocycles. The van der Waals surface area contributed by atoms with Gasteiger partial charge in [0.25, 0.3) is 0 Å². The average molecular weight is 273 g/mol. The van der Waals surface area contributed by atoms with Crippen LogP contribution in [0.3, 0.4) is 0 Å². The van der Waals surface area contributed by atoms with Gasteiger partial charge in [-0.1, -0.05) is 19.1 Å². The summed E-state index contributed by atoms with van der Waals surface area (Å²) >= 11 is 0. The van der Waals surface area contributed by atoms with Gasteiger partial charge in [-0.15, -0.1) is 0 Å². The van der Waals surface area contributed by atoms with Crippen LogP contribution in [0.5, 0.6) is 0 Å². The van der Waals surface area contributed by atoms with Crippen LogP contribution >= 0.6 is 0 Å². The van der Waals surface area contributed by atoms with Crippen molar-refractivity contribution in [1.82, 2.24) is 10.6 Å². The number of rotatable bonds is 4. The number of nitrogens with one attached hydrogen (secondary N) is 2. The molecule has 2 saturated heterocycles. The molecule has 0 aliphatic carbocycles. The van der Waals surface area contributed by atoms with Gasteiger partial charge in [0, 0.05) is 25.3 Å². The average Bonchev–Trinajstić information content (AvgIpc) is 2.87. The third-order valence-electron chi connectivity index (χ3n) is 4.45. The zero-order chi connectivity index (χ0) is 13.9. The lowest BCUT2D eigenvalue weighted by atomic mass is 9.91. The molecule has 0 bridgehead atoms. The molecule has 2 heterocycles. The van der Waals surface area contributed by atoms with E-state index < -0.39 is 0 Å². The first-order chi connectivity index (χ1) is 9.79. The SMILES string of the molecule is CCNCc1ccc(N2CCCC3C(=O)NCC32)cc1. The van der Waals surface area contributed by atoms with Gasteiger partial charge in [0.15, 0.2) is 0 Å². The van der Waals surface area contributed by atoms with E-state index in [1.165, 1.54) is 11.3 Å². The van der Waals surface area contributed by atoms with Gasteiger partial charge >= 0.3 is 0 Å². The second-order valence-corrected chi connectivity index (χ2v) is 5.70. The molecule has 4 heteroatoms. The second kappa shape index (κ2) is 5.83. The highest BCUT2D eigenvalue weighted by molar-refractivity contribution is 5.83. The minimum atomic E-state index is 0.185. The summed E-state index contributed by atoms with van der Waals surface area (Å²) in [5.41, 5.74) is 2.56. The monoisotopic (exact) mass is 273 g/mol. The molecule has 108 valence electrons. The zero-order valence-electron chi connectivity index (χ0n) is 12.1. The second-order valence-electron chi connectivity index (χ2n) is 5.70. The molecule has 3 rings (SSSR count). The van der Waals surface area contributed by atoms with Crippen molar-refractivity contribution in [3.05, 3.63) is 29.8 Å². The highest BCUT2D eigenvalue weighted by atomic mass is 16.2. The Balaban J connectivity index is 1.73. The Morgan fingerprint density at radius 2 is 2.15 bits per heavy atom. The van der Waals surface area contributed by atoms with Crippen molar-refractivity contribution in [2.45, 2.75) is 32.4 Å². The van der Waals surface area contributed by atoms with Crippen LogP contribution in [0.1, 0.15) is 25.3 Å². The maximum atomic E-state index is 11.8. The molecular weight excluding hydrogens is 250 g/mol. The Hall–Kier alpha value is -1.55. The summed E-state index contributed by atoms with van der Waals surface area (Å²) < 4.78 is 0. The number of fused-ring (bicyclic) bond motifs is 1. The van der Waals surface area contributed by atoms with Crippen LogP contribution in [-0.4, -0.2) is 31.6 Å². The van der Waals surface area contributed by atoms with E-state index in [1.807, 2.05) is 0 Å². The van der Waals surface area contributed by atoms with Gasteiger partial charge in [0.05, 0.1) is 12.0 Å². The summed E-state index contributed by atoms with van der Waals surface area (Å²) in [6.07, 6.45) is 2.14. The molecule has 2 atom stereocenters. The number of hydrogen-bond acceptors (Lipinski definition) is 3. The van der Waals surface area contributed by atoms with Gasteiger partial charge in [-0.3, -0.25) is 4.79 Å². The number of carbonyl (C=O) groups excluding carboxylic acids is 1. The van der Waals surface area contributed by atoms with Gasteiger partial charge in [-0.2, -0.15) is 0 Å². The highest BCUT2D eigenvalue weighted by Gasteiger charge is 2.40. The first-order valence-electron chi connectivity index (χ1n) is 7.63. The fourth-order valence-electron chi connectivity index (χ4n) is 3.35. The molecule has 2 aliphatic heterocycles. The molecule has 1 aromatic carbocycles. The minimum absolute atomic E-state index is 0.185. The van der Waals surface area contributed by atoms with E-state index in [0.29, 0.717) is 6.04 Å². The third-order valence-corrected chi connectivity index (χ3v) is 4.45. The van der Waals surface area contributed by atoms with Crippen LogP contribution in [0.15, 0.2) is 24.3 Å². The number of benzene rings is 1. The molecule has 20 heavy (non-hydrogen) atoms. The molecule has 0 saturated carbocycles. The van der Waals surface area contributed by atoms with E-state index in [0.717, 1.165) is 39.0 Å².